The standard InChI is InChI=1S/C12H21N3OS/c1-12(2,3)15-10(13-14-11(15)17)8-9-6-4-5-7-16-9/h9H,4-8H2,1-3H3,(H,14,17). The second kappa shape index (κ2) is 4.90. The minimum atomic E-state index is -0.0336. The third kappa shape index (κ3) is 2.96. The van der Waals surface area contributed by atoms with Gasteiger partial charge < -0.3 is 4.74 Å². The minimum absolute atomic E-state index is 0.0336. The van der Waals surface area contributed by atoms with E-state index >= 15 is 0 Å². The fourth-order valence-corrected chi connectivity index (χ4v) is 2.76. The van der Waals surface area contributed by atoms with Gasteiger partial charge in [-0.25, -0.2) is 0 Å². The molecule has 0 amide bonds. The molecule has 1 N–H and O–H groups in total. The van der Waals surface area contributed by atoms with Gasteiger partial charge in [-0.1, -0.05) is 0 Å². The Hall–Kier alpha value is -0.680. The summed E-state index contributed by atoms with van der Waals surface area (Å²) in [5.74, 6) is 1.01. The molecule has 96 valence electrons. The summed E-state index contributed by atoms with van der Waals surface area (Å²) in [6.07, 6.45) is 4.72. The van der Waals surface area contributed by atoms with Gasteiger partial charge in [0.2, 0.25) is 0 Å². The Balaban J connectivity index is 2.18. The van der Waals surface area contributed by atoms with Crippen molar-refractivity contribution in [2.45, 2.75) is 58.1 Å². The molecule has 1 fully saturated rings. The molecule has 1 saturated heterocycles. The SMILES string of the molecule is CC(C)(C)n1c(CC2CCCCO2)n[nH]c1=S. The van der Waals surface area contributed by atoms with Crippen molar-refractivity contribution in [2.24, 2.45) is 0 Å². The summed E-state index contributed by atoms with van der Waals surface area (Å²) in [7, 11) is 0. The highest BCUT2D eigenvalue weighted by Gasteiger charge is 2.23. The van der Waals surface area contributed by atoms with E-state index in [1.54, 1.807) is 0 Å². The maximum Gasteiger partial charge on any atom is 0.195 e. The molecule has 5 heteroatoms. The van der Waals surface area contributed by atoms with Crippen LogP contribution in [0.5, 0.6) is 0 Å². The number of rotatable bonds is 2. The van der Waals surface area contributed by atoms with Crippen molar-refractivity contribution < 1.29 is 4.74 Å². The smallest absolute Gasteiger partial charge is 0.195 e. The van der Waals surface area contributed by atoms with E-state index in [9.17, 15) is 0 Å². The van der Waals surface area contributed by atoms with Crippen LogP contribution in [-0.4, -0.2) is 27.5 Å². The number of aromatic nitrogens is 3. The first-order valence-electron chi connectivity index (χ1n) is 6.27. The van der Waals surface area contributed by atoms with Gasteiger partial charge in [-0.2, -0.15) is 5.10 Å². The Morgan fingerprint density at radius 3 is 2.82 bits per heavy atom. The van der Waals surface area contributed by atoms with Crippen molar-refractivity contribution in [2.75, 3.05) is 6.61 Å². The molecular formula is C12H21N3OS. The predicted octanol–water partition coefficient (Wildman–Crippen LogP) is 2.81. The molecule has 1 atom stereocenters. The molecular weight excluding hydrogens is 234 g/mol. The van der Waals surface area contributed by atoms with Gasteiger partial charge in [-0.15, -0.1) is 0 Å². The first-order chi connectivity index (χ1) is 7.98. The van der Waals surface area contributed by atoms with E-state index in [0.29, 0.717) is 10.9 Å². The third-order valence-corrected chi connectivity index (χ3v) is 3.37. The second-order valence-electron chi connectivity index (χ2n) is 5.64. The molecule has 1 aromatic heterocycles. The molecule has 0 aromatic carbocycles. The van der Waals surface area contributed by atoms with Crippen LogP contribution in [0, 0.1) is 4.77 Å². The summed E-state index contributed by atoms with van der Waals surface area (Å²) in [5.41, 5.74) is -0.0336. The highest BCUT2D eigenvalue weighted by atomic mass is 32.1. The van der Waals surface area contributed by atoms with Gasteiger partial charge in [0.05, 0.1) is 6.10 Å². The Labute approximate surface area is 107 Å². The van der Waals surface area contributed by atoms with Crippen LogP contribution < -0.4 is 0 Å². The Morgan fingerprint density at radius 1 is 1.47 bits per heavy atom. The maximum absolute atomic E-state index is 5.76. The van der Waals surface area contributed by atoms with Crippen molar-refractivity contribution >= 4 is 12.2 Å². The van der Waals surface area contributed by atoms with E-state index in [1.165, 1.54) is 12.8 Å². The van der Waals surface area contributed by atoms with Gasteiger partial charge in [0.25, 0.3) is 0 Å². The van der Waals surface area contributed by atoms with Crippen LogP contribution in [0.2, 0.25) is 0 Å². The van der Waals surface area contributed by atoms with Crippen LogP contribution in [-0.2, 0) is 16.7 Å². The highest BCUT2D eigenvalue weighted by molar-refractivity contribution is 7.71. The van der Waals surface area contributed by atoms with Crippen molar-refractivity contribution in [1.29, 1.82) is 0 Å². The number of nitrogens with one attached hydrogen (secondary N) is 1. The number of hydrogen-bond donors (Lipinski definition) is 1. The zero-order valence-corrected chi connectivity index (χ0v) is 11.6. The van der Waals surface area contributed by atoms with Crippen LogP contribution in [0.25, 0.3) is 0 Å². The number of aromatic amines is 1. The molecule has 2 rings (SSSR count). The van der Waals surface area contributed by atoms with Crippen molar-refractivity contribution in [3.63, 3.8) is 0 Å². The van der Waals surface area contributed by atoms with E-state index in [4.69, 9.17) is 17.0 Å². The van der Waals surface area contributed by atoms with Gasteiger partial charge in [-0.05, 0) is 52.3 Å². The van der Waals surface area contributed by atoms with Gasteiger partial charge in [0.1, 0.15) is 5.82 Å². The van der Waals surface area contributed by atoms with Gasteiger partial charge in [-0.3, -0.25) is 9.67 Å². The molecule has 0 bridgehead atoms. The lowest BCUT2D eigenvalue weighted by Gasteiger charge is -2.26. The second-order valence-corrected chi connectivity index (χ2v) is 6.03. The molecule has 1 unspecified atom stereocenters. The van der Waals surface area contributed by atoms with E-state index in [1.807, 2.05) is 0 Å². The van der Waals surface area contributed by atoms with Crippen LogP contribution >= 0.6 is 12.2 Å². The largest absolute Gasteiger partial charge is 0.378 e. The molecule has 1 aliphatic heterocycles. The summed E-state index contributed by atoms with van der Waals surface area (Å²) in [4.78, 5) is 0. The van der Waals surface area contributed by atoms with Gasteiger partial charge in [0.15, 0.2) is 4.77 Å². The summed E-state index contributed by atoms with van der Waals surface area (Å²) in [6, 6.07) is 0. The van der Waals surface area contributed by atoms with Crippen molar-refractivity contribution in [3.05, 3.63) is 10.6 Å². The molecule has 2 heterocycles. The fourth-order valence-electron chi connectivity index (χ4n) is 2.33. The van der Waals surface area contributed by atoms with Crippen molar-refractivity contribution in [1.82, 2.24) is 14.8 Å². The minimum Gasteiger partial charge on any atom is -0.378 e. The number of hydrogen-bond acceptors (Lipinski definition) is 3. The highest BCUT2D eigenvalue weighted by Crippen LogP contribution is 2.21. The lowest BCUT2D eigenvalue weighted by Crippen LogP contribution is -2.28. The topological polar surface area (TPSA) is 42.8 Å². The number of H-pyrrole nitrogens is 1. The van der Waals surface area contributed by atoms with Crippen molar-refractivity contribution in [3.8, 4) is 0 Å². The van der Waals surface area contributed by atoms with Crippen LogP contribution in [0.3, 0.4) is 0 Å². The molecule has 0 aliphatic carbocycles. The summed E-state index contributed by atoms with van der Waals surface area (Å²) < 4.78 is 8.55. The summed E-state index contributed by atoms with van der Waals surface area (Å²) >= 11 is 5.29. The first kappa shape index (κ1) is 12.8. The van der Waals surface area contributed by atoms with E-state index in [-0.39, 0.29) is 5.54 Å². The Bertz CT molecular complexity index is 424. The van der Waals surface area contributed by atoms with Crippen LogP contribution in [0.15, 0.2) is 0 Å². The van der Waals surface area contributed by atoms with Crippen LogP contribution in [0.4, 0.5) is 0 Å². The lowest BCUT2D eigenvalue weighted by atomic mass is 10.0. The average Bonchev–Trinajstić information content (AvgIpc) is 2.60. The molecule has 17 heavy (non-hydrogen) atoms. The molecule has 4 nitrogen and oxygen atoms in total. The zero-order valence-electron chi connectivity index (χ0n) is 10.8. The summed E-state index contributed by atoms with van der Waals surface area (Å²) in [6.45, 7) is 7.31. The summed E-state index contributed by atoms with van der Waals surface area (Å²) in [5, 5.41) is 7.24. The molecule has 0 radical (unpaired) electrons. The monoisotopic (exact) mass is 255 g/mol. The quantitative estimate of drug-likeness (QED) is 0.826. The molecule has 1 aliphatic rings. The van der Waals surface area contributed by atoms with Crippen LogP contribution in [0.1, 0.15) is 45.9 Å². The average molecular weight is 255 g/mol. The number of nitrogens with zero attached hydrogens (tertiary/aromatic N) is 2. The predicted molar refractivity (Wildman–Crippen MR) is 69.7 cm³/mol. The maximum atomic E-state index is 5.76. The molecule has 0 saturated carbocycles. The van der Waals surface area contributed by atoms with Gasteiger partial charge in [0, 0.05) is 18.6 Å². The van der Waals surface area contributed by atoms with E-state index in [0.717, 1.165) is 25.3 Å². The Morgan fingerprint density at radius 2 is 2.24 bits per heavy atom. The zero-order chi connectivity index (χ0) is 12.5. The first-order valence-corrected chi connectivity index (χ1v) is 6.67. The van der Waals surface area contributed by atoms with E-state index in [2.05, 4.69) is 35.5 Å². The molecule has 1 aromatic rings. The normalized spacial score (nSPS) is 21.7. The fraction of sp³-hybridized carbons (Fsp3) is 0.833. The Kier molecular flexibility index (Phi) is 3.68. The number of ether oxygens (including phenoxy) is 1. The lowest BCUT2D eigenvalue weighted by molar-refractivity contribution is 0.0146. The molecule has 0 spiro atoms. The third-order valence-electron chi connectivity index (χ3n) is 3.10. The van der Waals surface area contributed by atoms with E-state index < -0.39 is 0 Å². The van der Waals surface area contributed by atoms with Gasteiger partial charge >= 0.3 is 0 Å².